The molecule has 2 aromatic rings. The van der Waals surface area contributed by atoms with Crippen LogP contribution in [-0.2, 0) is 4.74 Å². The molecule has 116 valence electrons. The van der Waals surface area contributed by atoms with Gasteiger partial charge in [-0.15, -0.1) is 0 Å². The second kappa shape index (κ2) is 6.01. The van der Waals surface area contributed by atoms with Crippen molar-refractivity contribution in [2.24, 2.45) is 0 Å². The minimum absolute atomic E-state index is 0.0804. The molecule has 2 aromatic heterocycles. The number of aromatic nitrogens is 2. The second-order valence-electron chi connectivity index (χ2n) is 5.17. The fourth-order valence-corrected chi connectivity index (χ4v) is 2.47. The van der Waals surface area contributed by atoms with Crippen LogP contribution in [0.25, 0.3) is 0 Å². The molecule has 0 saturated heterocycles. The highest BCUT2D eigenvalue weighted by molar-refractivity contribution is 6.02. The summed E-state index contributed by atoms with van der Waals surface area (Å²) in [7, 11) is 1.31. The average molecular weight is 303 g/mol. The van der Waals surface area contributed by atoms with Crippen molar-refractivity contribution in [1.82, 2.24) is 4.98 Å². The van der Waals surface area contributed by atoms with Crippen molar-refractivity contribution < 1.29 is 24.0 Å². The fraction of sp³-hybridized carbons (Fsp3) is 0.312. The smallest absolute Gasteiger partial charge is 0.339 e. The molecule has 2 rings (SSSR count). The van der Waals surface area contributed by atoms with Crippen molar-refractivity contribution in [3.05, 3.63) is 47.0 Å². The topological polar surface area (TPSA) is 83.3 Å². The van der Waals surface area contributed by atoms with Crippen molar-refractivity contribution in [2.45, 2.75) is 26.8 Å². The molecule has 0 unspecified atom stereocenters. The zero-order valence-corrected chi connectivity index (χ0v) is 13.0. The van der Waals surface area contributed by atoms with Gasteiger partial charge in [0.15, 0.2) is 11.9 Å². The van der Waals surface area contributed by atoms with Gasteiger partial charge in [-0.3, -0.25) is 4.79 Å². The highest BCUT2D eigenvalue weighted by atomic mass is 16.5. The van der Waals surface area contributed by atoms with Gasteiger partial charge >= 0.3 is 5.97 Å². The lowest BCUT2D eigenvalue weighted by atomic mass is 10.0. The number of hydrogen-bond acceptors (Lipinski definition) is 4. The van der Waals surface area contributed by atoms with E-state index in [1.54, 1.807) is 37.6 Å². The first-order valence-electron chi connectivity index (χ1n) is 6.88. The van der Waals surface area contributed by atoms with Gasteiger partial charge in [-0.25, -0.2) is 4.79 Å². The number of carbonyl (C=O) groups excluding carboxylic acids is 2. The number of aryl methyl sites for hydroxylation is 1. The van der Waals surface area contributed by atoms with Gasteiger partial charge in [0.05, 0.1) is 18.4 Å². The maximum atomic E-state index is 12.7. The predicted molar refractivity (Wildman–Crippen MR) is 78.9 cm³/mol. The number of Topliss-reactive ketones (excluding diaryl/α,β-unsaturated/α-hetero) is 1. The van der Waals surface area contributed by atoms with Crippen molar-refractivity contribution >= 4 is 11.8 Å². The maximum absolute atomic E-state index is 12.7. The monoisotopic (exact) mass is 303 g/mol. The summed E-state index contributed by atoms with van der Waals surface area (Å²) < 4.78 is 6.36. The van der Waals surface area contributed by atoms with Gasteiger partial charge in [-0.05, 0) is 25.5 Å². The van der Waals surface area contributed by atoms with Gasteiger partial charge in [0.1, 0.15) is 0 Å². The molecule has 6 heteroatoms. The number of aromatic hydroxyl groups is 1. The summed E-state index contributed by atoms with van der Waals surface area (Å²) in [4.78, 5) is 27.4. The Hall–Kier alpha value is -2.63. The molecule has 0 radical (unpaired) electrons. The lowest BCUT2D eigenvalue weighted by molar-refractivity contribution is -0.705. The molecule has 1 atom stereocenters. The number of methoxy groups -OCH3 is 1. The summed E-state index contributed by atoms with van der Waals surface area (Å²) in [5, 5.41) is 9.52. The zero-order valence-electron chi connectivity index (χ0n) is 13.0. The molecule has 2 N–H and O–H groups in total. The SMILES string of the molecule is COC(=O)c1c(C)[nH]c(C(=O)[C@H](C)[n+]2cccc(O)c2)c1C. The number of ether oxygens (including phenoxy) is 1. The maximum Gasteiger partial charge on any atom is 0.339 e. The van der Waals surface area contributed by atoms with Crippen LogP contribution in [0.3, 0.4) is 0 Å². The number of pyridine rings is 1. The van der Waals surface area contributed by atoms with Gasteiger partial charge in [0, 0.05) is 18.7 Å². The van der Waals surface area contributed by atoms with E-state index in [9.17, 15) is 14.7 Å². The summed E-state index contributed by atoms with van der Waals surface area (Å²) in [5.41, 5.74) is 1.93. The third-order valence-corrected chi connectivity index (χ3v) is 3.71. The van der Waals surface area contributed by atoms with Crippen LogP contribution in [-0.4, -0.2) is 29.0 Å². The van der Waals surface area contributed by atoms with E-state index in [1.807, 2.05) is 0 Å². The van der Waals surface area contributed by atoms with Crippen LogP contribution in [0, 0.1) is 13.8 Å². The Kier molecular flexibility index (Phi) is 4.30. The number of carbonyl (C=O) groups is 2. The number of hydrogen-bond donors (Lipinski definition) is 2. The molecule has 0 amide bonds. The lowest BCUT2D eigenvalue weighted by Gasteiger charge is -2.06. The summed E-state index contributed by atoms with van der Waals surface area (Å²) in [6, 6.07) is 2.67. The third kappa shape index (κ3) is 2.72. The van der Waals surface area contributed by atoms with Crippen LogP contribution >= 0.6 is 0 Å². The normalized spacial score (nSPS) is 12.0. The van der Waals surface area contributed by atoms with E-state index < -0.39 is 12.0 Å². The van der Waals surface area contributed by atoms with E-state index in [2.05, 4.69) is 4.98 Å². The van der Waals surface area contributed by atoms with Gasteiger partial charge in [0.25, 0.3) is 0 Å². The number of nitrogens with zero attached hydrogens (tertiary/aromatic N) is 1. The number of nitrogens with one attached hydrogen (secondary N) is 1. The van der Waals surface area contributed by atoms with Crippen LogP contribution in [0.1, 0.15) is 45.1 Å². The number of H-pyrrole nitrogens is 1. The molecule has 2 heterocycles. The molecule has 0 bridgehead atoms. The molecule has 0 spiro atoms. The minimum Gasteiger partial charge on any atom is -0.503 e. The van der Waals surface area contributed by atoms with E-state index in [-0.39, 0.29) is 11.5 Å². The molecule has 0 aliphatic carbocycles. The Morgan fingerprint density at radius 2 is 2.05 bits per heavy atom. The lowest BCUT2D eigenvalue weighted by Crippen LogP contribution is -2.41. The van der Waals surface area contributed by atoms with Gasteiger partial charge in [-0.1, -0.05) is 0 Å². The first kappa shape index (κ1) is 15.8. The largest absolute Gasteiger partial charge is 0.503 e. The van der Waals surface area contributed by atoms with E-state index >= 15 is 0 Å². The molecule has 0 aromatic carbocycles. The molecular formula is C16H19N2O4+. The van der Waals surface area contributed by atoms with Crippen molar-refractivity contribution in [3.63, 3.8) is 0 Å². The summed E-state index contributed by atoms with van der Waals surface area (Å²) in [6.45, 7) is 5.17. The van der Waals surface area contributed by atoms with Crippen LogP contribution in [0.5, 0.6) is 5.75 Å². The highest BCUT2D eigenvalue weighted by Gasteiger charge is 2.29. The Labute approximate surface area is 128 Å². The molecule has 0 saturated carbocycles. The Morgan fingerprint density at radius 3 is 2.64 bits per heavy atom. The number of rotatable bonds is 4. The summed E-state index contributed by atoms with van der Waals surface area (Å²) >= 11 is 0. The van der Waals surface area contributed by atoms with Gasteiger partial charge < -0.3 is 14.8 Å². The Balaban J connectivity index is 2.40. The Bertz CT molecular complexity index is 734. The number of esters is 1. The van der Waals surface area contributed by atoms with Crippen molar-refractivity contribution in [3.8, 4) is 5.75 Å². The zero-order chi connectivity index (χ0) is 16.4. The first-order valence-corrected chi connectivity index (χ1v) is 6.88. The molecule has 0 fully saturated rings. The summed E-state index contributed by atoms with van der Waals surface area (Å²) in [6.07, 6.45) is 3.18. The van der Waals surface area contributed by atoms with E-state index in [0.717, 1.165) is 0 Å². The second-order valence-corrected chi connectivity index (χ2v) is 5.17. The van der Waals surface area contributed by atoms with Gasteiger partial charge in [-0.2, -0.15) is 4.57 Å². The quantitative estimate of drug-likeness (QED) is 0.513. The molecule has 0 aliphatic rings. The molecule has 0 aliphatic heterocycles. The minimum atomic E-state index is -0.519. The third-order valence-electron chi connectivity index (χ3n) is 3.71. The van der Waals surface area contributed by atoms with Gasteiger partial charge in [0.2, 0.25) is 18.0 Å². The highest BCUT2D eigenvalue weighted by Crippen LogP contribution is 2.21. The predicted octanol–water partition coefficient (Wildman–Crippen LogP) is 1.86. The van der Waals surface area contributed by atoms with E-state index in [4.69, 9.17) is 4.74 Å². The average Bonchev–Trinajstić information content (AvgIpc) is 2.80. The number of aromatic amines is 1. The first-order chi connectivity index (χ1) is 10.4. The van der Waals surface area contributed by atoms with Crippen LogP contribution < -0.4 is 4.57 Å². The molecular weight excluding hydrogens is 284 g/mol. The van der Waals surface area contributed by atoms with Crippen LogP contribution in [0.2, 0.25) is 0 Å². The van der Waals surface area contributed by atoms with E-state index in [0.29, 0.717) is 22.5 Å². The molecule has 22 heavy (non-hydrogen) atoms. The van der Waals surface area contributed by atoms with Crippen molar-refractivity contribution in [1.29, 1.82) is 0 Å². The summed E-state index contributed by atoms with van der Waals surface area (Å²) in [5.74, 6) is -0.564. The molecule has 6 nitrogen and oxygen atoms in total. The van der Waals surface area contributed by atoms with Crippen molar-refractivity contribution in [2.75, 3.05) is 7.11 Å². The standard InChI is InChI=1S/C16H18N2O4/c1-9-13(16(21)22-4)10(2)17-14(9)15(20)11(3)18-7-5-6-12(19)8-18/h5-8,11H,1-4H3,(H-,17,19,20,21)/p+1/t11-/m0/s1. The van der Waals surface area contributed by atoms with E-state index in [1.165, 1.54) is 19.4 Å². The fourth-order valence-electron chi connectivity index (χ4n) is 2.47. The Morgan fingerprint density at radius 1 is 1.36 bits per heavy atom. The number of ketones is 1. The van der Waals surface area contributed by atoms with Crippen LogP contribution in [0.15, 0.2) is 24.5 Å². The van der Waals surface area contributed by atoms with Crippen LogP contribution in [0.4, 0.5) is 0 Å².